The van der Waals surface area contributed by atoms with Crippen LogP contribution in [-0.2, 0) is 30.9 Å². The number of benzene rings is 2. The highest BCUT2D eigenvalue weighted by Crippen LogP contribution is 2.25. The van der Waals surface area contributed by atoms with Crippen molar-refractivity contribution in [2.45, 2.75) is 33.0 Å². The highest BCUT2D eigenvalue weighted by Gasteiger charge is 2.11. The Bertz CT molecular complexity index is 625. The number of hydrogen-bond acceptors (Lipinski definition) is 3. The molecule has 3 heteroatoms. The first kappa shape index (κ1) is 15.1. The zero-order valence-electron chi connectivity index (χ0n) is 13.1. The maximum Gasteiger partial charge on any atom is 0.122 e. The molecule has 0 aromatic heterocycles. The molecule has 0 bridgehead atoms. The van der Waals surface area contributed by atoms with Gasteiger partial charge in [0.1, 0.15) is 5.75 Å². The molecule has 0 saturated carbocycles. The molecule has 0 atom stereocenters. The summed E-state index contributed by atoms with van der Waals surface area (Å²) in [6.45, 7) is 6.01. The molecule has 0 saturated heterocycles. The van der Waals surface area contributed by atoms with E-state index in [4.69, 9.17) is 9.47 Å². The molecule has 0 aliphatic carbocycles. The zero-order chi connectivity index (χ0) is 15.2. The van der Waals surface area contributed by atoms with E-state index >= 15 is 0 Å². The fourth-order valence-corrected chi connectivity index (χ4v) is 2.77. The van der Waals surface area contributed by atoms with Gasteiger partial charge in [0, 0.05) is 26.1 Å². The second-order valence-corrected chi connectivity index (χ2v) is 5.55. The second-order valence-electron chi connectivity index (χ2n) is 5.55. The summed E-state index contributed by atoms with van der Waals surface area (Å²) in [5, 5.41) is 3.53. The standard InChI is InChI=1S/C19H23NO2/c1-2-21-14-18-6-4-3-5-17(18)13-20-12-15-7-8-19-16(11-15)9-10-22-19/h3-8,11,20H,2,9-10,12-14H2,1H3. The Morgan fingerprint density at radius 3 is 2.82 bits per heavy atom. The van der Waals surface area contributed by atoms with Gasteiger partial charge in [-0.25, -0.2) is 0 Å². The van der Waals surface area contributed by atoms with Crippen LogP contribution in [0.3, 0.4) is 0 Å². The maximum atomic E-state index is 5.55. The molecule has 0 amide bonds. The minimum atomic E-state index is 0.685. The van der Waals surface area contributed by atoms with Crippen LogP contribution in [0.15, 0.2) is 42.5 Å². The summed E-state index contributed by atoms with van der Waals surface area (Å²) in [6, 6.07) is 14.9. The fraction of sp³-hybridized carbons (Fsp3) is 0.368. The van der Waals surface area contributed by atoms with Crippen molar-refractivity contribution in [1.29, 1.82) is 0 Å². The van der Waals surface area contributed by atoms with Crippen molar-refractivity contribution < 1.29 is 9.47 Å². The van der Waals surface area contributed by atoms with Crippen molar-refractivity contribution >= 4 is 0 Å². The third-order valence-corrected chi connectivity index (χ3v) is 3.98. The molecule has 2 aromatic carbocycles. The fourth-order valence-electron chi connectivity index (χ4n) is 2.77. The molecule has 0 spiro atoms. The summed E-state index contributed by atoms with van der Waals surface area (Å²) in [5.74, 6) is 1.05. The lowest BCUT2D eigenvalue weighted by Gasteiger charge is -2.11. The highest BCUT2D eigenvalue weighted by molar-refractivity contribution is 5.39. The lowest BCUT2D eigenvalue weighted by atomic mass is 10.1. The molecule has 0 fully saturated rings. The molecule has 1 N–H and O–H groups in total. The smallest absolute Gasteiger partial charge is 0.122 e. The maximum absolute atomic E-state index is 5.55. The van der Waals surface area contributed by atoms with Gasteiger partial charge in [-0.05, 0) is 35.2 Å². The topological polar surface area (TPSA) is 30.5 Å². The molecule has 3 rings (SSSR count). The van der Waals surface area contributed by atoms with Crippen molar-refractivity contribution in [2.75, 3.05) is 13.2 Å². The molecule has 2 aromatic rings. The van der Waals surface area contributed by atoms with Crippen LogP contribution in [0, 0.1) is 0 Å². The van der Waals surface area contributed by atoms with E-state index in [1.807, 2.05) is 6.92 Å². The van der Waals surface area contributed by atoms with Crippen LogP contribution in [0.4, 0.5) is 0 Å². The molecule has 22 heavy (non-hydrogen) atoms. The first-order valence-corrected chi connectivity index (χ1v) is 7.96. The van der Waals surface area contributed by atoms with Crippen LogP contribution < -0.4 is 10.1 Å². The zero-order valence-corrected chi connectivity index (χ0v) is 13.1. The number of ether oxygens (including phenoxy) is 2. The van der Waals surface area contributed by atoms with Gasteiger partial charge in [-0.1, -0.05) is 36.4 Å². The van der Waals surface area contributed by atoms with Gasteiger partial charge in [0.15, 0.2) is 0 Å². The lowest BCUT2D eigenvalue weighted by molar-refractivity contribution is 0.133. The Balaban J connectivity index is 1.57. The summed E-state index contributed by atoms with van der Waals surface area (Å²) in [7, 11) is 0. The first-order valence-electron chi connectivity index (χ1n) is 7.96. The molecule has 0 radical (unpaired) electrons. The van der Waals surface area contributed by atoms with Crippen LogP contribution in [0.2, 0.25) is 0 Å². The first-order chi connectivity index (χ1) is 10.9. The van der Waals surface area contributed by atoms with E-state index in [0.717, 1.165) is 38.5 Å². The van der Waals surface area contributed by atoms with Gasteiger partial charge in [-0.2, -0.15) is 0 Å². The van der Waals surface area contributed by atoms with Crippen LogP contribution >= 0.6 is 0 Å². The van der Waals surface area contributed by atoms with Gasteiger partial charge >= 0.3 is 0 Å². The van der Waals surface area contributed by atoms with Crippen molar-refractivity contribution in [3.05, 3.63) is 64.7 Å². The van der Waals surface area contributed by atoms with E-state index in [9.17, 15) is 0 Å². The number of hydrogen-bond donors (Lipinski definition) is 1. The van der Waals surface area contributed by atoms with Crippen LogP contribution in [0.1, 0.15) is 29.2 Å². The summed E-state index contributed by atoms with van der Waals surface area (Å²) < 4.78 is 11.1. The van der Waals surface area contributed by atoms with Crippen LogP contribution in [0.25, 0.3) is 0 Å². The van der Waals surface area contributed by atoms with Gasteiger partial charge < -0.3 is 14.8 Å². The van der Waals surface area contributed by atoms with E-state index in [-0.39, 0.29) is 0 Å². The van der Waals surface area contributed by atoms with Crippen molar-refractivity contribution in [1.82, 2.24) is 5.32 Å². The molecule has 1 heterocycles. The number of rotatable bonds is 7. The summed E-state index contributed by atoms with van der Waals surface area (Å²) >= 11 is 0. The van der Waals surface area contributed by atoms with E-state index in [1.54, 1.807) is 0 Å². The Labute approximate surface area is 132 Å². The molecule has 1 aliphatic heterocycles. The average molecular weight is 297 g/mol. The quantitative estimate of drug-likeness (QED) is 0.849. The molecular weight excluding hydrogens is 274 g/mol. The predicted octanol–water partition coefficient (Wildman–Crippen LogP) is 3.45. The largest absolute Gasteiger partial charge is 0.493 e. The van der Waals surface area contributed by atoms with E-state index in [0.29, 0.717) is 6.61 Å². The SMILES string of the molecule is CCOCc1ccccc1CNCc1ccc2c(c1)CCO2. The lowest BCUT2D eigenvalue weighted by Crippen LogP contribution is -2.14. The van der Waals surface area contributed by atoms with Gasteiger partial charge in [-0.15, -0.1) is 0 Å². The normalized spacial score (nSPS) is 13.0. The van der Waals surface area contributed by atoms with E-state index in [1.165, 1.54) is 22.3 Å². The summed E-state index contributed by atoms with van der Waals surface area (Å²) in [4.78, 5) is 0. The minimum absolute atomic E-state index is 0.685. The molecule has 0 unspecified atom stereocenters. The van der Waals surface area contributed by atoms with Crippen molar-refractivity contribution in [2.24, 2.45) is 0 Å². The molecule has 1 aliphatic rings. The monoisotopic (exact) mass is 297 g/mol. The van der Waals surface area contributed by atoms with Crippen LogP contribution in [-0.4, -0.2) is 13.2 Å². The second kappa shape index (κ2) is 7.43. The highest BCUT2D eigenvalue weighted by atomic mass is 16.5. The predicted molar refractivity (Wildman–Crippen MR) is 88.0 cm³/mol. The minimum Gasteiger partial charge on any atom is -0.493 e. The van der Waals surface area contributed by atoms with Crippen LogP contribution in [0.5, 0.6) is 5.75 Å². The van der Waals surface area contributed by atoms with Crippen molar-refractivity contribution in [3.63, 3.8) is 0 Å². The van der Waals surface area contributed by atoms with E-state index in [2.05, 4.69) is 47.8 Å². The number of fused-ring (bicyclic) bond motifs is 1. The third kappa shape index (κ3) is 3.67. The summed E-state index contributed by atoms with van der Waals surface area (Å²) in [6.07, 6.45) is 1.03. The average Bonchev–Trinajstić information content (AvgIpc) is 3.01. The number of nitrogens with one attached hydrogen (secondary N) is 1. The molecule has 3 nitrogen and oxygen atoms in total. The Morgan fingerprint density at radius 2 is 1.95 bits per heavy atom. The molecular formula is C19H23NO2. The van der Waals surface area contributed by atoms with Gasteiger partial charge in [0.2, 0.25) is 0 Å². The molecule has 116 valence electrons. The Morgan fingerprint density at radius 1 is 1.09 bits per heavy atom. The van der Waals surface area contributed by atoms with Gasteiger partial charge in [-0.3, -0.25) is 0 Å². The van der Waals surface area contributed by atoms with E-state index < -0.39 is 0 Å². The van der Waals surface area contributed by atoms with Crippen molar-refractivity contribution in [3.8, 4) is 5.75 Å². The van der Waals surface area contributed by atoms with Gasteiger partial charge in [0.05, 0.1) is 13.2 Å². The Hall–Kier alpha value is -1.84. The third-order valence-electron chi connectivity index (χ3n) is 3.98. The van der Waals surface area contributed by atoms with Gasteiger partial charge in [0.25, 0.3) is 0 Å². The Kier molecular flexibility index (Phi) is 5.09. The summed E-state index contributed by atoms with van der Waals surface area (Å²) in [5.41, 5.74) is 5.21.